The number of rotatable bonds is 7. The number of ether oxygens (including phenoxy) is 1. The number of hydrogen-bond donors (Lipinski definition) is 2. The molecule has 0 unspecified atom stereocenters. The predicted octanol–water partition coefficient (Wildman–Crippen LogP) is 1.88. The molecule has 0 aliphatic carbocycles. The van der Waals surface area contributed by atoms with E-state index >= 15 is 0 Å². The summed E-state index contributed by atoms with van der Waals surface area (Å²) in [6, 6.07) is 12.4. The van der Waals surface area contributed by atoms with Crippen LogP contribution < -0.4 is 10.6 Å². The van der Waals surface area contributed by atoms with Crippen LogP contribution in [0.25, 0.3) is 0 Å². The standard InChI is InChI=1S/C21H23N3O5S/c1-2-10-22-21(26)18-8-3-4-9-19(18)23-20(25)16-6-5-7-17(15-16)30(27,28)24-11-13-29-14-12-24/h2-9,15H,1,10-14H2,(H,22,26)(H,23,25). The van der Waals surface area contributed by atoms with Gasteiger partial charge in [-0.25, -0.2) is 8.42 Å². The van der Waals surface area contributed by atoms with Crippen LogP contribution in [0.1, 0.15) is 20.7 Å². The van der Waals surface area contributed by atoms with Gasteiger partial charge in [-0.05, 0) is 30.3 Å². The molecule has 30 heavy (non-hydrogen) atoms. The number of benzene rings is 2. The van der Waals surface area contributed by atoms with Gasteiger partial charge in [0.15, 0.2) is 0 Å². The molecular formula is C21H23N3O5S. The minimum Gasteiger partial charge on any atom is -0.379 e. The van der Waals surface area contributed by atoms with Crippen LogP contribution in [0.5, 0.6) is 0 Å². The van der Waals surface area contributed by atoms with Crippen molar-refractivity contribution in [3.8, 4) is 0 Å². The normalized spacial score (nSPS) is 14.7. The molecule has 0 spiro atoms. The summed E-state index contributed by atoms with van der Waals surface area (Å²) >= 11 is 0. The van der Waals surface area contributed by atoms with Gasteiger partial charge in [-0.15, -0.1) is 6.58 Å². The number of carbonyl (C=O) groups is 2. The van der Waals surface area contributed by atoms with Crippen LogP contribution in [-0.2, 0) is 14.8 Å². The maximum Gasteiger partial charge on any atom is 0.255 e. The third-order valence-electron chi connectivity index (χ3n) is 4.53. The molecule has 1 aliphatic heterocycles. The van der Waals surface area contributed by atoms with E-state index in [0.29, 0.717) is 31.0 Å². The van der Waals surface area contributed by atoms with E-state index in [-0.39, 0.29) is 29.5 Å². The van der Waals surface area contributed by atoms with E-state index in [2.05, 4.69) is 17.2 Å². The zero-order valence-electron chi connectivity index (χ0n) is 16.3. The lowest BCUT2D eigenvalue weighted by Gasteiger charge is -2.26. The molecule has 1 aliphatic rings. The Kier molecular flexibility index (Phi) is 6.99. The molecule has 8 nitrogen and oxygen atoms in total. The zero-order chi connectivity index (χ0) is 21.6. The van der Waals surface area contributed by atoms with Crippen molar-refractivity contribution in [2.75, 3.05) is 38.2 Å². The number of carbonyl (C=O) groups excluding carboxylic acids is 2. The Hall–Kier alpha value is -3.01. The summed E-state index contributed by atoms with van der Waals surface area (Å²) in [5.41, 5.74) is 0.793. The van der Waals surface area contributed by atoms with Crippen LogP contribution in [-0.4, -0.2) is 57.4 Å². The second kappa shape index (κ2) is 9.66. The van der Waals surface area contributed by atoms with Gasteiger partial charge in [0.2, 0.25) is 10.0 Å². The fourth-order valence-electron chi connectivity index (χ4n) is 2.98. The third-order valence-corrected chi connectivity index (χ3v) is 6.43. The van der Waals surface area contributed by atoms with Gasteiger partial charge in [0, 0.05) is 25.2 Å². The van der Waals surface area contributed by atoms with Crippen molar-refractivity contribution in [1.29, 1.82) is 0 Å². The SMILES string of the molecule is C=CCNC(=O)c1ccccc1NC(=O)c1cccc(S(=O)(=O)N2CCOCC2)c1. The van der Waals surface area contributed by atoms with Crippen molar-refractivity contribution in [2.45, 2.75) is 4.90 Å². The highest BCUT2D eigenvalue weighted by Gasteiger charge is 2.27. The second-order valence-corrected chi connectivity index (χ2v) is 8.48. The summed E-state index contributed by atoms with van der Waals surface area (Å²) in [7, 11) is -3.72. The van der Waals surface area contributed by atoms with Crippen LogP contribution in [0, 0.1) is 0 Å². The van der Waals surface area contributed by atoms with Crippen molar-refractivity contribution in [3.63, 3.8) is 0 Å². The van der Waals surface area contributed by atoms with Gasteiger partial charge >= 0.3 is 0 Å². The van der Waals surface area contributed by atoms with Gasteiger partial charge in [-0.1, -0.05) is 24.3 Å². The second-order valence-electron chi connectivity index (χ2n) is 6.54. The molecule has 2 aromatic rings. The van der Waals surface area contributed by atoms with E-state index in [1.54, 1.807) is 30.3 Å². The molecule has 0 atom stereocenters. The zero-order valence-corrected chi connectivity index (χ0v) is 17.2. The van der Waals surface area contributed by atoms with Crippen molar-refractivity contribution < 1.29 is 22.7 Å². The molecule has 9 heteroatoms. The summed E-state index contributed by atoms with van der Waals surface area (Å²) in [6.07, 6.45) is 1.56. The smallest absolute Gasteiger partial charge is 0.255 e. The van der Waals surface area contributed by atoms with Gasteiger partial charge in [-0.2, -0.15) is 4.31 Å². The number of amides is 2. The average Bonchev–Trinajstić information content (AvgIpc) is 2.78. The lowest BCUT2D eigenvalue weighted by atomic mass is 10.1. The van der Waals surface area contributed by atoms with Crippen LogP contribution in [0.15, 0.2) is 66.1 Å². The quantitative estimate of drug-likeness (QED) is 0.654. The predicted molar refractivity (Wildman–Crippen MR) is 113 cm³/mol. The number of nitrogens with one attached hydrogen (secondary N) is 2. The molecule has 3 rings (SSSR count). The first kappa shape index (κ1) is 21.7. The van der Waals surface area contributed by atoms with E-state index in [4.69, 9.17) is 4.74 Å². The molecule has 0 bridgehead atoms. The Morgan fingerprint density at radius 2 is 1.80 bits per heavy atom. The van der Waals surface area contributed by atoms with Gasteiger partial charge in [-0.3, -0.25) is 9.59 Å². The highest BCUT2D eigenvalue weighted by atomic mass is 32.2. The fraction of sp³-hybridized carbons (Fsp3) is 0.238. The Morgan fingerprint density at radius 1 is 1.07 bits per heavy atom. The van der Waals surface area contributed by atoms with E-state index in [9.17, 15) is 18.0 Å². The molecule has 0 radical (unpaired) electrons. The molecule has 158 valence electrons. The molecule has 2 N–H and O–H groups in total. The molecule has 1 fully saturated rings. The number of morpholine rings is 1. The first-order valence-corrected chi connectivity index (χ1v) is 10.8. The van der Waals surface area contributed by atoms with Crippen LogP contribution in [0.3, 0.4) is 0 Å². The van der Waals surface area contributed by atoms with E-state index in [1.165, 1.54) is 28.6 Å². The Labute approximate surface area is 175 Å². The van der Waals surface area contributed by atoms with E-state index in [1.807, 2.05) is 0 Å². The molecule has 1 saturated heterocycles. The highest BCUT2D eigenvalue weighted by molar-refractivity contribution is 7.89. The molecule has 2 amide bonds. The summed E-state index contributed by atoms with van der Waals surface area (Å²) in [5.74, 6) is -0.868. The molecule has 0 aromatic heterocycles. The van der Waals surface area contributed by atoms with E-state index in [0.717, 1.165) is 0 Å². The minimum absolute atomic E-state index is 0.0362. The number of anilines is 1. The largest absolute Gasteiger partial charge is 0.379 e. The van der Waals surface area contributed by atoms with Gasteiger partial charge in [0.25, 0.3) is 11.8 Å². The van der Waals surface area contributed by atoms with Crippen molar-refractivity contribution >= 4 is 27.5 Å². The van der Waals surface area contributed by atoms with Gasteiger partial charge < -0.3 is 15.4 Å². The summed E-state index contributed by atoms with van der Waals surface area (Å²) in [5, 5.41) is 5.35. The van der Waals surface area contributed by atoms with Crippen molar-refractivity contribution in [3.05, 3.63) is 72.3 Å². The minimum atomic E-state index is -3.72. The highest BCUT2D eigenvalue weighted by Crippen LogP contribution is 2.20. The fourth-order valence-corrected chi connectivity index (χ4v) is 4.43. The van der Waals surface area contributed by atoms with Crippen molar-refractivity contribution in [2.24, 2.45) is 0 Å². The summed E-state index contributed by atoms with van der Waals surface area (Å²) in [4.78, 5) is 25.1. The average molecular weight is 429 g/mol. The molecule has 2 aromatic carbocycles. The van der Waals surface area contributed by atoms with Gasteiger partial charge in [0.05, 0.1) is 29.4 Å². The van der Waals surface area contributed by atoms with Crippen LogP contribution in [0.4, 0.5) is 5.69 Å². The Bertz CT molecular complexity index is 1050. The number of nitrogens with zero attached hydrogens (tertiary/aromatic N) is 1. The molecule has 0 saturated carbocycles. The lowest BCUT2D eigenvalue weighted by Crippen LogP contribution is -2.40. The number of sulfonamides is 1. The summed E-state index contributed by atoms with van der Waals surface area (Å²) in [6.45, 7) is 5.06. The molecule has 1 heterocycles. The number of para-hydroxylation sites is 1. The van der Waals surface area contributed by atoms with Crippen LogP contribution in [0.2, 0.25) is 0 Å². The Morgan fingerprint density at radius 3 is 2.53 bits per heavy atom. The van der Waals surface area contributed by atoms with Crippen LogP contribution >= 0.6 is 0 Å². The Balaban J connectivity index is 1.81. The molecular weight excluding hydrogens is 406 g/mol. The maximum absolute atomic E-state index is 12.8. The first-order valence-electron chi connectivity index (χ1n) is 9.41. The van der Waals surface area contributed by atoms with Gasteiger partial charge in [0.1, 0.15) is 0 Å². The third kappa shape index (κ3) is 4.93. The first-order chi connectivity index (χ1) is 14.4. The van der Waals surface area contributed by atoms with E-state index < -0.39 is 15.9 Å². The summed E-state index contributed by atoms with van der Waals surface area (Å²) < 4.78 is 32.2. The topological polar surface area (TPSA) is 105 Å². The maximum atomic E-state index is 12.8. The number of hydrogen-bond acceptors (Lipinski definition) is 5. The monoisotopic (exact) mass is 429 g/mol. The van der Waals surface area contributed by atoms with Crippen molar-refractivity contribution in [1.82, 2.24) is 9.62 Å². The lowest BCUT2D eigenvalue weighted by molar-refractivity contribution is 0.0730.